The summed E-state index contributed by atoms with van der Waals surface area (Å²) in [6.45, 7) is 3.65. The number of nitrogens with one attached hydrogen (secondary N) is 1. The first-order chi connectivity index (χ1) is 12.9. The minimum Gasteiger partial charge on any atom is -0.441 e. The van der Waals surface area contributed by atoms with E-state index in [4.69, 9.17) is 4.42 Å². The molecule has 0 amide bonds. The van der Waals surface area contributed by atoms with E-state index in [0.29, 0.717) is 33.8 Å². The van der Waals surface area contributed by atoms with Gasteiger partial charge >= 0.3 is 0 Å². The Bertz CT molecular complexity index is 1210. The van der Waals surface area contributed by atoms with E-state index in [-0.39, 0.29) is 5.56 Å². The van der Waals surface area contributed by atoms with Gasteiger partial charge in [0.15, 0.2) is 16.3 Å². The lowest BCUT2D eigenvalue weighted by Crippen LogP contribution is -2.10. The molecule has 0 fully saturated rings. The SMILES string of the molecule is Cc1nc2c(nc(SCc3nc(-c4cccc(Br)c4)oc3C)n2C)c(=O)[nH]1. The molecule has 4 aromatic rings. The number of hydrogen-bond acceptors (Lipinski definition) is 6. The lowest BCUT2D eigenvalue weighted by atomic mass is 10.2. The van der Waals surface area contributed by atoms with E-state index in [9.17, 15) is 4.79 Å². The third-order valence-electron chi connectivity index (χ3n) is 4.11. The highest BCUT2D eigenvalue weighted by atomic mass is 79.9. The van der Waals surface area contributed by atoms with E-state index in [1.165, 1.54) is 11.8 Å². The number of rotatable bonds is 4. The predicted molar refractivity (Wildman–Crippen MR) is 108 cm³/mol. The van der Waals surface area contributed by atoms with Gasteiger partial charge < -0.3 is 14.0 Å². The minimum atomic E-state index is -0.227. The van der Waals surface area contributed by atoms with Gasteiger partial charge in [-0.2, -0.15) is 0 Å². The van der Waals surface area contributed by atoms with Crippen LogP contribution in [-0.4, -0.2) is 24.5 Å². The molecule has 138 valence electrons. The van der Waals surface area contributed by atoms with Gasteiger partial charge in [0.1, 0.15) is 11.6 Å². The van der Waals surface area contributed by atoms with Crippen molar-refractivity contribution in [2.45, 2.75) is 24.8 Å². The maximum absolute atomic E-state index is 12.1. The number of thioether (sulfide) groups is 1. The molecule has 0 aliphatic heterocycles. The van der Waals surface area contributed by atoms with Crippen molar-refractivity contribution < 1.29 is 4.42 Å². The van der Waals surface area contributed by atoms with Crippen LogP contribution in [0.3, 0.4) is 0 Å². The molecule has 4 rings (SSSR count). The summed E-state index contributed by atoms with van der Waals surface area (Å²) >= 11 is 4.96. The molecule has 0 aliphatic carbocycles. The van der Waals surface area contributed by atoms with Gasteiger partial charge in [0, 0.05) is 22.8 Å². The van der Waals surface area contributed by atoms with Gasteiger partial charge in [-0.05, 0) is 32.0 Å². The average molecular weight is 446 g/mol. The van der Waals surface area contributed by atoms with Crippen LogP contribution in [0.15, 0.2) is 43.1 Å². The van der Waals surface area contributed by atoms with Crippen LogP contribution in [0.25, 0.3) is 22.6 Å². The van der Waals surface area contributed by atoms with Crippen molar-refractivity contribution in [1.82, 2.24) is 24.5 Å². The number of halogens is 1. The highest BCUT2D eigenvalue weighted by Gasteiger charge is 2.16. The molecule has 0 saturated heterocycles. The highest BCUT2D eigenvalue weighted by molar-refractivity contribution is 9.10. The van der Waals surface area contributed by atoms with Gasteiger partial charge in [0.05, 0.1) is 5.69 Å². The Morgan fingerprint density at radius 1 is 1.26 bits per heavy atom. The molecule has 3 heterocycles. The molecule has 0 spiro atoms. The van der Waals surface area contributed by atoms with Gasteiger partial charge in [-0.3, -0.25) is 4.79 Å². The third-order valence-corrected chi connectivity index (χ3v) is 5.64. The fraction of sp³-hybridized carbons (Fsp3) is 0.222. The maximum Gasteiger partial charge on any atom is 0.279 e. The molecule has 0 atom stereocenters. The minimum absolute atomic E-state index is 0.227. The number of imidazole rings is 1. The smallest absolute Gasteiger partial charge is 0.279 e. The molecule has 9 heteroatoms. The van der Waals surface area contributed by atoms with Gasteiger partial charge in [-0.1, -0.05) is 33.8 Å². The lowest BCUT2D eigenvalue weighted by molar-refractivity contribution is 0.540. The first-order valence-electron chi connectivity index (χ1n) is 8.21. The molecule has 0 radical (unpaired) electrons. The number of fused-ring (bicyclic) bond motifs is 1. The average Bonchev–Trinajstić information content (AvgIpc) is 3.14. The number of aromatic nitrogens is 5. The highest BCUT2D eigenvalue weighted by Crippen LogP contribution is 2.29. The standard InChI is InChI=1S/C18H16BrN5O2S/c1-9-13(22-17(26-9)11-5-4-6-12(19)7-11)8-27-18-23-14-15(24(18)3)20-10(2)21-16(14)25/h4-7H,8H2,1-3H3,(H,20,21,25). The van der Waals surface area contributed by atoms with Gasteiger partial charge in [-0.15, -0.1) is 0 Å². The second-order valence-corrected chi connectivity index (χ2v) is 7.96. The largest absolute Gasteiger partial charge is 0.441 e. The summed E-state index contributed by atoms with van der Waals surface area (Å²) in [6, 6.07) is 7.82. The van der Waals surface area contributed by atoms with Crippen molar-refractivity contribution in [3.05, 3.63) is 56.4 Å². The summed E-state index contributed by atoms with van der Waals surface area (Å²) in [5.41, 5.74) is 2.45. The van der Waals surface area contributed by atoms with Crippen molar-refractivity contribution in [1.29, 1.82) is 0 Å². The number of aromatic amines is 1. The second-order valence-electron chi connectivity index (χ2n) is 6.10. The summed E-state index contributed by atoms with van der Waals surface area (Å²) < 4.78 is 8.63. The summed E-state index contributed by atoms with van der Waals surface area (Å²) in [4.78, 5) is 28.2. The van der Waals surface area contributed by atoms with Crippen LogP contribution in [0.2, 0.25) is 0 Å². The molecule has 0 unspecified atom stereocenters. The number of oxazole rings is 1. The zero-order chi connectivity index (χ0) is 19.1. The van der Waals surface area contributed by atoms with Crippen molar-refractivity contribution in [3.63, 3.8) is 0 Å². The number of H-pyrrole nitrogens is 1. The van der Waals surface area contributed by atoms with E-state index in [0.717, 1.165) is 21.5 Å². The summed E-state index contributed by atoms with van der Waals surface area (Å²) in [6.07, 6.45) is 0. The molecule has 1 N–H and O–H groups in total. The number of benzene rings is 1. The third kappa shape index (κ3) is 3.44. The second kappa shape index (κ2) is 6.97. The van der Waals surface area contributed by atoms with Crippen LogP contribution in [0.4, 0.5) is 0 Å². The maximum atomic E-state index is 12.1. The summed E-state index contributed by atoms with van der Waals surface area (Å²) in [7, 11) is 1.85. The molecular formula is C18H16BrN5O2S. The Hall–Kier alpha value is -2.39. The predicted octanol–water partition coefficient (Wildman–Crippen LogP) is 3.98. The molecule has 0 saturated carbocycles. The number of hydrogen-bond donors (Lipinski definition) is 1. The first-order valence-corrected chi connectivity index (χ1v) is 9.98. The van der Waals surface area contributed by atoms with Crippen molar-refractivity contribution in [3.8, 4) is 11.5 Å². The molecular weight excluding hydrogens is 430 g/mol. The quantitative estimate of drug-likeness (QED) is 0.477. The van der Waals surface area contributed by atoms with Gasteiger partial charge in [0.25, 0.3) is 5.56 Å². The van der Waals surface area contributed by atoms with Crippen molar-refractivity contribution in [2.24, 2.45) is 7.05 Å². The Morgan fingerprint density at radius 2 is 2.07 bits per heavy atom. The molecule has 27 heavy (non-hydrogen) atoms. The van der Waals surface area contributed by atoms with E-state index >= 15 is 0 Å². The molecule has 0 bridgehead atoms. The van der Waals surface area contributed by atoms with Crippen molar-refractivity contribution in [2.75, 3.05) is 0 Å². The Morgan fingerprint density at radius 3 is 2.85 bits per heavy atom. The lowest BCUT2D eigenvalue weighted by Gasteiger charge is -2.00. The monoisotopic (exact) mass is 445 g/mol. The number of nitrogens with zero attached hydrogens (tertiary/aromatic N) is 4. The zero-order valence-corrected chi connectivity index (χ0v) is 17.3. The molecule has 0 aliphatic rings. The topological polar surface area (TPSA) is 89.6 Å². The van der Waals surface area contributed by atoms with Gasteiger partial charge in [0.2, 0.25) is 5.89 Å². The Kier molecular flexibility index (Phi) is 4.65. The normalized spacial score (nSPS) is 11.4. The van der Waals surface area contributed by atoms with Crippen LogP contribution in [0.1, 0.15) is 17.3 Å². The number of aryl methyl sites for hydroxylation is 3. The van der Waals surface area contributed by atoms with Crippen LogP contribution in [0, 0.1) is 13.8 Å². The van der Waals surface area contributed by atoms with Gasteiger partial charge in [-0.25, -0.2) is 15.0 Å². The van der Waals surface area contributed by atoms with E-state index in [1.54, 1.807) is 6.92 Å². The molecule has 3 aromatic heterocycles. The molecule has 1 aromatic carbocycles. The van der Waals surface area contributed by atoms with Crippen molar-refractivity contribution >= 4 is 38.9 Å². The summed E-state index contributed by atoms with van der Waals surface area (Å²) in [5, 5.41) is 0.708. The zero-order valence-electron chi connectivity index (χ0n) is 14.9. The Labute approximate surface area is 167 Å². The fourth-order valence-corrected chi connectivity index (χ4v) is 4.10. The molecule has 7 nitrogen and oxygen atoms in total. The van der Waals surface area contributed by atoms with E-state index in [2.05, 4.69) is 35.9 Å². The first kappa shape index (κ1) is 18.0. The van der Waals surface area contributed by atoms with E-state index in [1.807, 2.05) is 42.8 Å². The Balaban J connectivity index is 1.61. The van der Waals surface area contributed by atoms with Crippen LogP contribution in [-0.2, 0) is 12.8 Å². The van der Waals surface area contributed by atoms with Crippen LogP contribution in [0.5, 0.6) is 0 Å². The summed E-state index contributed by atoms with van der Waals surface area (Å²) in [5.74, 6) is 2.50. The van der Waals surface area contributed by atoms with Crippen LogP contribution >= 0.6 is 27.7 Å². The van der Waals surface area contributed by atoms with Crippen LogP contribution < -0.4 is 5.56 Å². The van der Waals surface area contributed by atoms with E-state index < -0.39 is 0 Å². The fourth-order valence-electron chi connectivity index (χ4n) is 2.73.